The van der Waals surface area contributed by atoms with Crippen LogP contribution >= 0.6 is 30.4 Å². The second-order valence-electron chi connectivity index (χ2n) is 12.0. The highest BCUT2D eigenvalue weighted by Crippen LogP contribution is 2.62. The number of hydrogen-bond acceptors (Lipinski definition) is 6. The van der Waals surface area contributed by atoms with Crippen molar-refractivity contribution in [3.05, 3.63) is 0 Å². The Morgan fingerprint density at radius 2 is 0.705 bits per heavy atom. The largest absolute Gasteiger partial charge is 0.342 e. The summed E-state index contributed by atoms with van der Waals surface area (Å²) < 4.78 is 47.1. The lowest BCUT2D eigenvalue weighted by atomic mass is 10.0. The van der Waals surface area contributed by atoms with Crippen molar-refractivity contribution in [1.82, 2.24) is 9.80 Å². The van der Waals surface area contributed by atoms with Crippen LogP contribution in [0.5, 0.6) is 0 Å². The maximum atomic E-state index is 11.8. The maximum absolute atomic E-state index is 11.8. The summed E-state index contributed by atoms with van der Waals surface area (Å²) in [6.07, 6.45) is 20.5. The number of unbranched alkanes of at least 4 members (excludes halogenated alkanes) is 15. The second-order valence-corrected chi connectivity index (χ2v) is 20.1. The van der Waals surface area contributed by atoms with Crippen LogP contribution in [-0.4, -0.2) is 99.5 Å². The van der Waals surface area contributed by atoms with E-state index in [0.29, 0.717) is 6.54 Å². The Morgan fingerprint density at radius 3 is 1.00 bits per heavy atom. The summed E-state index contributed by atoms with van der Waals surface area (Å²) in [5, 5.41) is -5.01. The van der Waals surface area contributed by atoms with E-state index in [0.717, 1.165) is 30.7 Å². The Labute approximate surface area is 264 Å². The molecule has 0 aromatic rings. The molecular formula is C26H60N2O12P4. The van der Waals surface area contributed by atoms with Crippen molar-refractivity contribution in [2.75, 3.05) is 39.8 Å². The lowest BCUT2D eigenvalue weighted by Gasteiger charge is -2.32. The molecular weight excluding hydrogens is 656 g/mol. The molecule has 0 heterocycles. The third-order valence-electron chi connectivity index (χ3n) is 7.80. The second kappa shape index (κ2) is 23.0. The van der Waals surface area contributed by atoms with Crippen molar-refractivity contribution in [3.63, 3.8) is 0 Å². The zero-order chi connectivity index (χ0) is 33.9. The van der Waals surface area contributed by atoms with Crippen molar-refractivity contribution in [1.29, 1.82) is 0 Å². The van der Waals surface area contributed by atoms with Crippen molar-refractivity contribution in [2.45, 2.75) is 127 Å². The van der Waals surface area contributed by atoms with Crippen LogP contribution in [-0.2, 0) is 18.3 Å². The first-order valence-electron chi connectivity index (χ1n) is 15.9. The predicted octanol–water partition coefficient (Wildman–Crippen LogP) is 5.23. The summed E-state index contributed by atoms with van der Waals surface area (Å²) in [6.45, 7) is 1.28. The van der Waals surface area contributed by atoms with E-state index in [1.54, 1.807) is 0 Å². The van der Waals surface area contributed by atoms with E-state index in [-0.39, 0.29) is 13.0 Å². The fourth-order valence-corrected chi connectivity index (χ4v) is 10.1. The van der Waals surface area contributed by atoms with Gasteiger partial charge in [0, 0.05) is 13.1 Å². The van der Waals surface area contributed by atoms with Gasteiger partial charge in [0.15, 0.2) is 10.8 Å². The van der Waals surface area contributed by atoms with Crippen LogP contribution < -0.4 is 0 Å². The molecule has 0 radical (unpaired) electrons. The molecule has 0 aliphatic rings. The van der Waals surface area contributed by atoms with Gasteiger partial charge in [-0.2, -0.15) is 0 Å². The Hall–Kier alpha value is 0.520. The van der Waals surface area contributed by atoms with Gasteiger partial charge < -0.3 is 48.9 Å². The van der Waals surface area contributed by atoms with E-state index in [1.165, 1.54) is 83.5 Å². The summed E-state index contributed by atoms with van der Waals surface area (Å²) >= 11 is 0. The van der Waals surface area contributed by atoms with Crippen molar-refractivity contribution in [3.8, 4) is 0 Å². The van der Waals surface area contributed by atoms with Gasteiger partial charge in [-0.25, -0.2) is 0 Å². The quantitative estimate of drug-likeness (QED) is 0.0365. The molecule has 44 heavy (non-hydrogen) atoms. The molecule has 0 amide bonds. The molecule has 0 unspecified atom stereocenters. The minimum Gasteiger partial charge on any atom is -0.324 e. The first-order chi connectivity index (χ1) is 20.3. The Morgan fingerprint density at radius 1 is 0.432 bits per heavy atom. The fourth-order valence-electron chi connectivity index (χ4n) is 5.14. The molecule has 0 aromatic heterocycles. The SMILES string of the molecule is CCCCCCCCCCCCCCCCCCN(C)CCCN(CC(P(=O)(O)O)P(=O)(O)O)CC(P(=O)(O)O)P(=O)(O)O. The van der Waals surface area contributed by atoms with Gasteiger partial charge in [-0.15, -0.1) is 0 Å². The van der Waals surface area contributed by atoms with Crippen LogP contribution in [0.2, 0.25) is 0 Å². The third-order valence-corrected chi connectivity index (χ3v) is 15.2. The average Bonchev–Trinajstić information content (AvgIpc) is 2.86. The molecule has 0 saturated carbocycles. The van der Waals surface area contributed by atoms with Gasteiger partial charge in [-0.3, -0.25) is 18.3 Å². The molecule has 14 nitrogen and oxygen atoms in total. The molecule has 0 rings (SSSR count). The summed E-state index contributed by atoms with van der Waals surface area (Å²) in [5.41, 5.74) is 0. The van der Waals surface area contributed by atoms with Crippen LogP contribution in [0.25, 0.3) is 0 Å². The van der Waals surface area contributed by atoms with Crippen LogP contribution in [0.4, 0.5) is 0 Å². The smallest absolute Gasteiger partial charge is 0.324 e. The molecule has 266 valence electrons. The minimum absolute atomic E-state index is 0.156. The number of rotatable bonds is 29. The highest BCUT2D eigenvalue weighted by molar-refractivity contribution is 7.71. The molecule has 0 aromatic carbocycles. The van der Waals surface area contributed by atoms with E-state index in [2.05, 4.69) is 6.92 Å². The Balaban J connectivity index is 4.48. The van der Waals surface area contributed by atoms with Gasteiger partial charge in [0.25, 0.3) is 0 Å². The van der Waals surface area contributed by atoms with Crippen molar-refractivity contribution in [2.24, 2.45) is 0 Å². The standard InChI is InChI=1S/C26H60N2O12P4/c1-3-4-5-6-7-8-9-10-11-12-13-14-15-16-17-18-20-27(2)21-19-22-28(23-25(41(29,30)31)42(32,33)34)24-26(43(35,36)37)44(38,39)40/h25-26H,3-24H2,1-2H3,(H2,29,30,31)(H2,32,33,34)(H2,35,36,37)(H2,38,39,40). The Bertz CT molecular complexity index is 842. The van der Waals surface area contributed by atoms with Crippen LogP contribution in [0.3, 0.4) is 0 Å². The molecule has 0 aliphatic heterocycles. The van der Waals surface area contributed by atoms with Gasteiger partial charge in [-0.05, 0) is 39.5 Å². The summed E-state index contributed by atoms with van der Waals surface area (Å²) in [6, 6.07) is 0. The minimum atomic E-state index is -5.37. The lowest BCUT2D eigenvalue weighted by molar-refractivity contribution is 0.231. The summed E-state index contributed by atoms with van der Waals surface area (Å²) in [4.78, 5) is 78.7. The fraction of sp³-hybridized carbons (Fsp3) is 1.00. The third kappa shape index (κ3) is 22.9. The normalized spacial score (nSPS) is 13.7. The zero-order valence-corrected chi connectivity index (χ0v) is 30.2. The van der Waals surface area contributed by atoms with Gasteiger partial charge in [0.2, 0.25) is 0 Å². The molecule has 8 N–H and O–H groups in total. The first kappa shape index (κ1) is 44.5. The van der Waals surface area contributed by atoms with Crippen molar-refractivity contribution < 1.29 is 57.4 Å². The predicted molar refractivity (Wildman–Crippen MR) is 174 cm³/mol. The monoisotopic (exact) mass is 716 g/mol. The molecule has 0 aliphatic carbocycles. The zero-order valence-electron chi connectivity index (χ0n) is 26.6. The van der Waals surface area contributed by atoms with Gasteiger partial charge in [0.05, 0.1) is 0 Å². The summed E-state index contributed by atoms with van der Waals surface area (Å²) in [7, 11) is -19.6. The lowest BCUT2D eigenvalue weighted by Crippen LogP contribution is -2.39. The molecule has 0 fully saturated rings. The highest BCUT2D eigenvalue weighted by Gasteiger charge is 2.48. The van der Waals surface area contributed by atoms with E-state index in [9.17, 15) is 57.4 Å². The van der Waals surface area contributed by atoms with E-state index in [4.69, 9.17) is 0 Å². The van der Waals surface area contributed by atoms with E-state index in [1.807, 2.05) is 11.9 Å². The van der Waals surface area contributed by atoms with Crippen LogP contribution in [0, 0.1) is 0 Å². The van der Waals surface area contributed by atoms with Crippen LogP contribution in [0.1, 0.15) is 116 Å². The summed E-state index contributed by atoms with van der Waals surface area (Å²) in [5.74, 6) is 0. The highest BCUT2D eigenvalue weighted by atomic mass is 31.2. The molecule has 0 bridgehead atoms. The number of hydrogen-bond donors (Lipinski definition) is 8. The molecule has 0 spiro atoms. The molecule has 0 saturated heterocycles. The average molecular weight is 717 g/mol. The van der Waals surface area contributed by atoms with Gasteiger partial charge in [-0.1, -0.05) is 103 Å². The Kier molecular flexibility index (Phi) is 23.2. The van der Waals surface area contributed by atoms with Crippen LogP contribution in [0.15, 0.2) is 0 Å². The molecule has 0 atom stereocenters. The topological polar surface area (TPSA) is 237 Å². The van der Waals surface area contributed by atoms with E-state index >= 15 is 0 Å². The molecule has 18 heteroatoms. The van der Waals surface area contributed by atoms with E-state index < -0.39 is 54.3 Å². The van der Waals surface area contributed by atoms with Crippen molar-refractivity contribution >= 4 is 30.4 Å². The number of nitrogens with zero attached hydrogens (tertiary/aromatic N) is 2. The van der Waals surface area contributed by atoms with Gasteiger partial charge in [0.1, 0.15) is 0 Å². The maximum Gasteiger partial charge on any atom is 0.342 e. The van der Waals surface area contributed by atoms with Gasteiger partial charge >= 0.3 is 30.4 Å². The first-order valence-corrected chi connectivity index (χ1v) is 22.6.